The normalized spacial score (nSPS) is 20.8. The van der Waals surface area contributed by atoms with Gasteiger partial charge in [0.2, 0.25) is 0 Å². The summed E-state index contributed by atoms with van der Waals surface area (Å²) in [6.07, 6.45) is 1.87. The lowest BCUT2D eigenvalue weighted by Gasteiger charge is -2.38. The van der Waals surface area contributed by atoms with Crippen LogP contribution in [0.25, 0.3) is 11.0 Å². The van der Waals surface area contributed by atoms with Crippen molar-refractivity contribution < 1.29 is 4.79 Å². The third kappa shape index (κ3) is 3.11. The maximum absolute atomic E-state index is 12.9. The van der Waals surface area contributed by atoms with Gasteiger partial charge in [0.25, 0.3) is 5.91 Å². The standard InChI is InChI=1S/C18H24N4O3/c1-3-21-15-5-4-12(9-14(15)20-16(23)18(21)25)17(24)22-7-6-11(2)8-13(22)10-19/h4-5,9,11,13H,3,6-8,10,19H2,1-2H3,(H,20,23). The van der Waals surface area contributed by atoms with Crippen LogP contribution < -0.4 is 16.9 Å². The minimum absolute atomic E-state index is 0.0376. The second-order valence-corrected chi connectivity index (χ2v) is 6.75. The number of nitrogens with zero attached hydrogens (tertiary/aromatic N) is 2. The van der Waals surface area contributed by atoms with Crippen molar-refractivity contribution in [3.05, 3.63) is 44.5 Å². The van der Waals surface area contributed by atoms with Crippen molar-refractivity contribution in [3.63, 3.8) is 0 Å². The molecule has 1 aromatic carbocycles. The van der Waals surface area contributed by atoms with E-state index >= 15 is 0 Å². The number of nitrogens with two attached hydrogens (primary N) is 1. The minimum Gasteiger partial charge on any atom is -0.334 e. The number of hydrogen-bond acceptors (Lipinski definition) is 4. The van der Waals surface area contributed by atoms with Gasteiger partial charge in [-0.1, -0.05) is 6.92 Å². The Bertz CT molecular complexity index is 915. The number of aromatic nitrogens is 2. The fraction of sp³-hybridized carbons (Fsp3) is 0.500. The fourth-order valence-electron chi connectivity index (χ4n) is 3.63. The highest BCUT2D eigenvalue weighted by molar-refractivity contribution is 5.97. The van der Waals surface area contributed by atoms with E-state index in [-0.39, 0.29) is 11.9 Å². The molecule has 0 aliphatic carbocycles. The molecule has 2 aromatic rings. The van der Waals surface area contributed by atoms with Gasteiger partial charge in [0, 0.05) is 31.2 Å². The molecule has 3 rings (SSSR count). The van der Waals surface area contributed by atoms with Gasteiger partial charge in [-0.15, -0.1) is 0 Å². The summed E-state index contributed by atoms with van der Waals surface area (Å²) in [5.74, 6) is 0.476. The second-order valence-electron chi connectivity index (χ2n) is 6.75. The number of carbonyl (C=O) groups is 1. The van der Waals surface area contributed by atoms with Crippen molar-refractivity contribution in [1.82, 2.24) is 14.5 Å². The number of benzene rings is 1. The van der Waals surface area contributed by atoms with Crippen LogP contribution >= 0.6 is 0 Å². The van der Waals surface area contributed by atoms with E-state index in [0.717, 1.165) is 12.8 Å². The van der Waals surface area contributed by atoms with Crippen LogP contribution in [0, 0.1) is 5.92 Å². The van der Waals surface area contributed by atoms with Crippen LogP contribution in [0.2, 0.25) is 0 Å². The molecule has 2 atom stereocenters. The Morgan fingerprint density at radius 3 is 2.80 bits per heavy atom. The van der Waals surface area contributed by atoms with Crippen molar-refractivity contribution in [1.29, 1.82) is 0 Å². The monoisotopic (exact) mass is 344 g/mol. The maximum Gasteiger partial charge on any atom is 0.316 e. The predicted molar refractivity (Wildman–Crippen MR) is 96.8 cm³/mol. The largest absolute Gasteiger partial charge is 0.334 e. The fourth-order valence-corrected chi connectivity index (χ4v) is 3.63. The molecule has 1 saturated heterocycles. The van der Waals surface area contributed by atoms with Gasteiger partial charge in [-0.3, -0.25) is 14.4 Å². The number of piperidine rings is 1. The van der Waals surface area contributed by atoms with Gasteiger partial charge in [-0.2, -0.15) is 0 Å². The number of likely N-dealkylation sites (tertiary alicyclic amines) is 1. The van der Waals surface area contributed by atoms with Crippen molar-refractivity contribution in [2.24, 2.45) is 11.7 Å². The highest BCUT2D eigenvalue weighted by atomic mass is 16.2. The van der Waals surface area contributed by atoms with E-state index in [1.54, 1.807) is 25.1 Å². The second kappa shape index (κ2) is 6.84. The van der Waals surface area contributed by atoms with Crippen molar-refractivity contribution in [3.8, 4) is 0 Å². The number of aryl methyl sites for hydroxylation is 1. The first-order valence-electron chi connectivity index (χ1n) is 8.74. The van der Waals surface area contributed by atoms with E-state index in [0.29, 0.717) is 42.1 Å². The third-order valence-electron chi connectivity index (χ3n) is 5.05. The molecule has 0 radical (unpaired) electrons. The topological polar surface area (TPSA) is 101 Å². The van der Waals surface area contributed by atoms with E-state index in [1.807, 2.05) is 4.90 Å². The van der Waals surface area contributed by atoms with Crippen LogP contribution in [0.15, 0.2) is 27.8 Å². The molecule has 7 heteroatoms. The summed E-state index contributed by atoms with van der Waals surface area (Å²) in [6, 6.07) is 5.11. The lowest BCUT2D eigenvalue weighted by molar-refractivity contribution is 0.0574. The van der Waals surface area contributed by atoms with Crippen LogP contribution in [-0.2, 0) is 6.54 Å². The lowest BCUT2D eigenvalue weighted by Crippen LogP contribution is -2.49. The first-order valence-corrected chi connectivity index (χ1v) is 8.74. The zero-order valence-corrected chi connectivity index (χ0v) is 14.6. The van der Waals surface area contributed by atoms with Gasteiger partial charge in [0.1, 0.15) is 0 Å². The van der Waals surface area contributed by atoms with Gasteiger partial charge in [0.15, 0.2) is 0 Å². The average molecular weight is 344 g/mol. The van der Waals surface area contributed by atoms with Crippen molar-refractivity contribution in [2.45, 2.75) is 39.3 Å². The van der Waals surface area contributed by atoms with E-state index in [1.165, 1.54) is 4.57 Å². The molecule has 1 aliphatic heterocycles. The molecule has 1 aliphatic rings. The van der Waals surface area contributed by atoms with Crippen LogP contribution in [0.5, 0.6) is 0 Å². The Morgan fingerprint density at radius 1 is 1.36 bits per heavy atom. The summed E-state index contributed by atoms with van der Waals surface area (Å²) in [5, 5.41) is 0. The molecule has 1 aromatic heterocycles. The Balaban J connectivity index is 2.02. The number of amides is 1. The van der Waals surface area contributed by atoms with Gasteiger partial charge < -0.3 is 20.2 Å². The molecule has 0 bridgehead atoms. The molecule has 3 N–H and O–H groups in total. The summed E-state index contributed by atoms with van der Waals surface area (Å²) in [6.45, 7) is 5.50. The van der Waals surface area contributed by atoms with Crippen LogP contribution in [0.4, 0.5) is 0 Å². The summed E-state index contributed by atoms with van der Waals surface area (Å²) < 4.78 is 1.41. The van der Waals surface area contributed by atoms with Gasteiger partial charge in [-0.05, 0) is 43.9 Å². The summed E-state index contributed by atoms with van der Waals surface area (Å²) in [7, 11) is 0. The molecule has 2 heterocycles. The molecule has 25 heavy (non-hydrogen) atoms. The molecular formula is C18H24N4O3. The van der Waals surface area contributed by atoms with Crippen molar-refractivity contribution in [2.75, 3.05) is 13.1 Å². The summed E-state index contributed by atoms with van der Waals surface area (Å²) >= 11 is 0. The summed E-state index contributed by atoms with van der Waals surface area (Å²) in [5.41, 5.74) is 6.21. The van der Waals surface area contributed by atoms with E-state index < -0.39 is 11.1 Å². The SMILES string of the molecule is CCn1c(=O)c(=O)[nH]c2cc(C(=O)N3CCC(C)CC3CN)ccc21. The van der Waals surface area contributed by atoms with Crippen LogP contribution in [-0.4, -0.2) is 39.5 Å². The number of nitrogens with one attached hydrogen (secondary N) is 1. The number of rotatable bonds is 3. The zero-order valence-electron chi connectivity index (χ0n) is 14.6. The van der Waals surface area contributed by atoms with E-state index in [2.05, 4.69) is 11.9 Å². The highest BCUT2D eigenvalue weighted by Crippen LogP contribution is 2.24. The zero-order chi connectivity index (χ0) is 18.1. The first kappa shape index (κ1) is 17.4. The number of hydrogen-bond donors (Lipinski definition) is 2. The number of aromatic amines is 1. The van der Waals surface area contributed by atoms with Gasteiger partial charge >= 0.3 is 11.1 Å². The smallest absolute Gasteiger partial charge is 0.316 e. The van der Waals surface area contributed by atoms with Gasteiger partial charge in [0.05, 0.1) is 11.0 Å². The van der Waals surface area contributed by atoms with Crippen LogP contribution in [0.3, 0.4) is 0 Å². The number of H-pyrrole nitrogens is 1. The minimum atomic E-state index is -0.675. The Labute approximate surface area is 145 Å². The molecule has 0 spiro atoms. The maximum atomic E-state index is 12.9. The van der Waals surface area contributed by atoms with Gasteiger partial charge in [-0.25, -0.2) is 0 Å². The number of carbonyl (C=O) groups excluding carboxylic acids is 1. The molecule has 1 fully saturated rings. The lowest BCUT2D eigenvalue weighted by atomic mass is 9.92. The third-order valence-corrected chi connectivity index (χ3v) is 5.05. The summed E-state index contributed by atoms with van der Waals surface area (Å²) in [4.78, 5) is 41.1. The average Bonchev–Trinajstić information content (AvgIpc) is 2.61. The van der Waals surface area contributed by atoms with E-state index in [9.17, 15) is 14.4 Å². The molecule has 2 unspecified atom stereocenters. The predicted octanol–water partition coefficient (Wildman–Crippen LogP) is 0.909. The quantitative estimate of drug-likeness (QED) is 0.808. The molecule has 1 amide bonds. The van der Waals surface area contributed by atoms with Crippen LogP contribution in [0.1, 0.15) is 37.0 Å². The molecule has 134 valence electrons. The Hall–Kier alpha value is -2.41. The Kier molecular flexibility index (Phi) is 4.76. The van der Waals surface area contributed by atoms with Crippen molar-refractivity contribution >= 4 is 16.9 Å². The highest BCUT2D eigenvalue weighted by Gasteiger charge is 2.29. The number of fused-ring (bicyclic) bond motifs is 1. The van der Waals surface area contributed by atoms with E-state index in [4.69, 9.17) is 5.73 Å². The molecule has 7 nitrogen and oxygen atoms in total. The Morgan fingerprint density at radius 2 is 2.12 bits per heavy atom. The molecular weight excluding hydrogens is 320 g/mol. The first-order chi connectivity index (χ1) is 12.0. The molecule has 0 saturated carbocycles.